The number of amides is 1. The van der Waals surface area contributed by atoms with Crippen molar-refractivity contribution >= 4 is 17.4 Å². The van der Waals surface area contributed by atoms with E-state index in [0.717, 1.165) is 31.4 Å². The highest BCUT2D eigenvalue weighted by Crippen LogP contribution is 2.23. The smallest absolute Gasteiger partial charge is 0.407 e. The predicted molar refractivity (Wildman–Crippen MR) is 97.1 cm³/mol. The maximum atomic E-state index is 11.8. The summed E-state index contributed by atoms with van der Waals surface area (Å²) in [6.07, 6.45) is 2.69. The number of benzene rings is 1. The molecule has 2 aromatic rings. The van der Waals surface area contributed by atoms with Crippen molar-refractivity contribution in [3.63, 3.8) is 0 Å². The van der Waals surface area contributed by atoms with Gasteiger partial charge in [-0.1, -0.05) is 37.3 Å². The maximum Gasteiger partial charge on any atom is 0.407 e. The molecular formula is C19H24N2O2S. The van der Waals surface area contributed by atoms with Crippen molar-refractivity contribution < 1.29 is 9.53 Å². The third-order valence-electron chi connectivity index (χ3n) is 4.44. The van der Waals surface area contributed by atoms with Gasteiger partial charge >= 0.3 is 6.09 Å². The standard InChI is InChI=1S/C19H24N2O2S/c1-2-15-8-9-24-18(15)12-20-16-10-17(11-16)21-19(22)23-13-14-6-4-3-5-7-14/h3-9,16-17,20H,2,10-13H2,1H3,(H,21,22). The van der Waals surface area contributed by atoms with Crippen molar-refractivity contribution in [3.05, 3.63) is 57.8 Å². The van der Waals surface area contributed by atoms with Crippen LogP contribution < -0.4 is 10.6 Å². The molecule has 3 rings (SSSR count). The Hall–Kier alpha value is -1.85. The average molecular weight is 344 g/mol. The Morgan fingerprint density at radius 3 is 2.75 bits per heavy atom. The lowest BCUT2D eigenvalue weighted by Crippen LogP contribution is -2.52. The van der Waals surface area contributed by atoms with Crippen LogP contribution in [0.1, 0.15) is 35.8 Å². The molecule has 0 unspecified atom stereocenters. The van der Waals surface area contributed by atoms with E-state index >= 15 is 0 Å². The van der Waals surface area contributed by atoms with Crippen LogP contribution in [-0.2, 0) is 24.3 Å². The Morgan fingerprint density at radius 2 is 2.00 bits per heavy atom. The second-order valence-electron chi connectivity index (χ2n) is 6.17. The molecule has 1 fully saturated rings. The minimum atomic E-state index is -0.325. The molecule has 0 bridgehead atoms. The number of thiophene rings is 1. The second kappa shape index (κ2) is 8.31. The van der Waals surface area contributed by atoms with Gasteiger partial charge in [0.05, 0.1) is 0 Å². The molecule has 0 radical (unpaired) electrons. The number of carbonyl (C=O) groups is 1. The fraction of sp³-hybridized carbons (Fsp3) is 0.421. The number of aryl methyl sites for hydroxylation is 1. The minimum absolute atomic E-state index is 0.222. The van der Waals surface area contributed by atoms with E-state index in [9.17, 15) is 4.79 Å². The van der Waals surface area contributed by atoms with Gasteiger partial charge in [-0.25, -0.2) is 4.79 Å². The molecule has 1 amide bonds. The van der Waals surface area contributed by atoms with E-state index < -0.39 is 0 Å². The van der Waals surface area contributed by atoms with Crippen molar-refractivity contribution in [2.24, 2.45) is 0 Å². The fourth-order valence-electron chi connectivity index (χ4n) is 2.91. The largest absolute Gasteiger partial charge is 0.445 e. The molecular weight excluding hydrogens is 320 g/mol. The summed E-state index contributed by atoms with van der Waals surface area (Å²) in [5.74, 6) is 0. The van der Waals surface area contributed by atoms with Crippen LogP contribution in [-0.4, -0.2) is 18.2 Å². The van der Waals surface area contributed by atoms with Crippen LogP contribution in [0.2, 0.25) is 0 Å². The lowest BCUT2D eigenvalue weighted by Gasteiger charge is -2.36. The van der Waals surface area contributed by atoms with Gasteiger partial charge in [-0.2, -0.15) is 0 Å². The average Bonchev–Trinajstić information content (AvgIpc) is 3.03. The molecule has 0 atom stereocenters. The molecule has 0 aliphatic heterocycles. The molecule has 0 spiro atoms. The molecule has 1 aromatic heterocycles. The molecule has 24 heavy (non-hydrogen) atoms. The number of hydrogen-bond donors (Lipinski definition) is 2. The molecule has 2 N–H and O–H groups in total. The topological polar surface area (TPSA) is 50.4 Å². The van der Waals surface area contributed by atoms with Gasteiger partial charge in [0.1, 0.15) is 6.61 Å². The van der Waals surface area contributed by atoms with Crippen molar-refractivity contribution in [1.82, 2.24) is 10.6 Å². The second-order valence-corrected chi connectivity index (χ2v) is 7.18. The van der Waals surface area contributed by atoms with Crippen LogP contribution >= 0.6 is 11.3 Å². The zero-order chi connectivity index (χ0) is 16.8. The molecule has 1 aliphatic rings. The van der Waals surface area contributed by atoms with Crippen molar-refractivity contribution in [3.8, 4) is 0 Å². The van der Waals surface area contributed by atoms with E-state index in [1.165, 1.54) is 10.4 Å². The summed E-state index contributed by atoms with van der Waals surface area (Å²) in [7, 11) is 0. The normalized spacial score (nSPS) is 19.5. The number of rotatable bonds is 7. The monoisotopic (exact) mass is 344 g/mol. The Kier molecular flexibility index (Phi) is 5.88. The van der Waals surface area contributed by atoms with Crippen molar-refractivity contribution in [2.75, 3.05) is 0 Å². The van der Waals surface area contributed by atoms with Crippen molar-refractivity contribution in [2.45, 2.75) is 51.4 Å². The number of nitrogens with one attached hydrogen (secondary N) is 2. The van der Waals surface area contributed by atoms with E-state index in [1.807, 2.05) is 41.7 Å². The van der Waals surface area contributed by atoms with Gasteiger partial charge in [0.15, 0.2) is 0 Å². The quantitative estimate of drug-likeness (QED) is 0.802. The Morgan fingerprint density at radius 1 is 1.21 bits per heavy atom. The Balaban J connectivity index is 1.31. The summed E-state index contributed by atoms with van der Waals surface area (Å²) in [6, 6.07) is 12.6. The first-order valence-corrected chi connectivity index (χ1v) is 9.38. The maximum absolute atomic E-state index is 11.8. The number of ether oxygens (including phenoxy) is 1. The van der Waals surface area contributed by atoms with Crippen LogP contribution in [0.5, 0.6) is 0 Å². The van der Waals surface area contributed by atoms with E-state index in [0.29, 0.717) is 12.6 Å². The van der Waals surface area contributed by atoms with E-state index in [-0.39, 0.29) is 12.1 Å². The zero-order valence-electron chi connectivity index (χ0n) is 14.0. The lowest BCUT2D eigenvalue weighted by atomic mass is 9.87. The van der Waals surface area contributed by atoms with E-state index in [2.05, 4.69) is 29.0 Å². The van der Waals surface area contributed by atoms with Gasteiger partial charge in [-0.3, -0.25) is 0 Å². The highest BCUT2D eigenvalue weighted by Gasteiger charge is 2.30. The molecule has 0 saturated heterocycles. The summed E-state index contributed by atoms with van der Waals surface area (Å²) in [6.45, 7) is 3.44. The summed E-state index contributed by atoms with van der Waals surface area (Å²) >= 11 is 1.81. The van der Waals surface area contributed by atoms with Gasteiger partial charge in [0.2, 0.25) is 0 Å². The first-order valence-electron chi connectivity index (χ1n) is 8.50. The molecule has 128 valence electrons. The molecule has 5 heteroatoms. The third-order valence-corrected chi connectivity index (χ3v) is 5.41. The third kappa shape index (κ3) is 4.58. The zero-order valence-corrected chi connectivity index (χ0v) is 14.8. The van der Waals surface area contributed by atoms with Gasteiger partial charge in [0.25, 0.3) is 0 Å². The van der Waals surface area contributed by atoms with Gasteiger partial charge < -0.3 is 15.4 Å². The number of hydrogen-bond acceptors (Lipinski definition) is 4. The summed E-state index contributed by atoms with van der Waals surface area (Å²) in [5.41, 5.74) is 2.44. The van der Waals surface area contributed by atoms with Crippen molar-refractivity contribution in [1.29, 1.82) is 0 Å². The Labute approximate surface area is 147 Å². The molecule has 1 aliphatic carbocycles. The van der Waals surface area contributed by atoms with E-state index in [4.69, 9.17) is 4.74 Å². The molecule has 4 nitrogen and oxygen atoms in total. The lowest BCUT2D eigenvalue weighted by molar-refractivity contribution is 0.125. The van der Waals surface area contributed by atoms with Crippen LogP contribution in [0.4, 0.5) is 4.79 Å². The first-order chi connectivity index (χ1) is 11.7. The summed E-state index contributed by atoms with van der Waals surface area (Å²) in [4.78, 5) is 13.2. The van der Waals surface area contributed by atoms with Crippen LogP contribution in [0.15, 0.2) is 41.8 Å². The van der Waals surface area contributed by atoms with Gasteiger partial charge in [-0.15, -0.1) is 11.3 Å². The van der Waals surface area contributed by atoms with E-state index in [1.54, 1.807) is 0 Å². The number of carbonyl (C=O) groups excluding carboxylic acids is 1. The fourth-order valence-corrected chi connectivity index (χ4v) is 3.83. The molecule has 1 aromatic carbocycles. The van der Waals surface area contributed by atoms with Gasteiger partial charge in [-0.05, 0) is 41.8 Å². The number of alkyl carbamates (subject to hydrolysis) is 1. The molecule has 1 saturated carbocycles. The SMILES string of the molecule is CCc1ccsc1CNC1CC(NC(=O)OCc2ccccc2)C1. The summed E-state index contributed by atoms with van der Waals surface area (Å²) in [5, 5.41) is 8.67. The molecule has 1 heterocycles. The summed E-state index contributed by atoms with van der Waals surface area (Å²) < 4.78 is 5.25. The Bertz CT molecular complexity index is 650. The highest BCUT2D eigenvalue weighted by atomic mass is 32.1. The van der Waals surface area contributed by atoms with Crippen LogP contribution in [0, 0.1) is 0 Å². The van der Waals surface area contributed by atoms with Crippen LogP contribution in [0.3, 0.4) is 0 Å². The predicted octanol–water partition coefficient (Wildman–Crippen LogP) is 3.86. The minimum Gasteiger partial charge on any atom is -0.445 e. The highest BCUT2D eigenvalue weighted by molar-refractivity contribution is 7.10. The van der Waals surface area contributed by atoms with Crippen LogP contribution in [0.25, 0.3) is 0 Å². The first kappa shape index (κ1) is 17.0. The van der Waals surface area contributed by atoms with Gasteiger partial charge in [0, 0.05) is 23.5 Å².